The van der Waals surface area contributed by atoms with E-state index in [9.17, 15) is 4.79 Å². The van der Waals surface area contributed by atoms with E-state index in [1.165, 1.54) is 0 Å². The Kier molecular flexibility index (Phi) is 5.26. The molecular weight excluding hydrogens is 206 g/mol. The zero-order chi connectivity index (χ0) is 13.0. The minimum absolute atomic E-state index is 0.129. The molecule has 0 saturated carbocycles. The molecule has 0 fully saturated rings. The van der Waals surface area contributed by atoms with Crippen molar-refractivity contribution >= 4 is 6.09 Å². The van der Waals surface area contributed by atoms with Crippen molar-refractivity contribution < 1.29 is 14.3 Å². The maximum atomic E-state index is 11.2. The summed E-state index contributed by atoms with van der Waals surface area (Å²) in [6.07, 6.45) is -0.410. The van der Waals surface area contributed by atoms with Crippen molar-refractivity contribution in [2.45, 2.75) is 52.7 Å². The molecule has 0 saturated heterocycles. The fourth-order valence-corrected chi connectivity index (χ4v) is 0.966. The van der Waals surface area contributed by atoms with Crippen molar-refractivity contribution in [2.24, 2.45) is 5.92 Å². The van der Waals surface area contributed by atoms with E-state index >= 15 is 0 Å². The summed E-state index contributed by atoms with van der Waals surface area (Å²) in [5.74, 6) is 0.129. The second kappa shape index (κ2) is 5.53. The third-order valence-corrected chi connectivity index (χ3v) is 2.51. The maximum absolute atomic E-state index is 11.2. The van der Waals surface area contributed by atoms with Crippen LogP contribution < -0.4 is 5.32 Å². The van der Waals surface area contributed by atoms with Crippen LogP contribution in [0.3, 0.4) is 0 Å². The average Bonchev–Trinajstić information content (AvgIpc) is 2.11. The van der Waals surface area contributed by atoms with Crippen molar-refractivity contribution in [3.63, 3.8) is 0 Å². The van der Waals surface area contributed by atoms with Crippen LogP contribution in [-0.4, -0.2) is 30.9 Å². The molecule has 0 spiro atoms. The fourth-order valence-electron chi connectivity index (χ4n) is 0.966. The second-order valence-corrected chi connectivity index (χ2v) is 5.57. The number of ether oxygens (including phenoxy) is 2. The molecular formula is C12H25NO3. The van der Waals surface area contributed by atoms with Crippen LogP contribution in [0.1, 0.15) is 41.5 Å². The summed E-state index contributed by atoms with van der Waals surface area (Å²) >= 11 is 0. The van der Waals surface area contributed by atoms with E-state index in [4.69, 9.17) is 9.47 Å². The first-order valence-electron chi connectivity index (χ1n) is 5.63. The van der Waals surface area contributed by atoms with Gasteiger partial charge in [-0.15, -0.1) is 0 Å². The molecule has 0 aromatic rings. The standard InChI is InChI=1S/C12H25NO3/c1-9(8-15-11(2,3)4)12(5,6)16-10(14)13-7/h9H,8H2,1-7H3,(H,13,14). The Labute approximate surface area is 98.7 Å². The van der Waals surface area contributed by atoms with Gasteiger partial charge in [0.15, 0.2) is 0 Å². The third-order valence-electron chi connectivity index (χ3n) is 2.51. The van der Waals surface area contributed by atoms with Crippen LogP contribution in [0.2, 0.25) is 0 Å². The molecule has 0 aromatic heterocycles. The van der Waals surface area contributed by atoms with Gasteiger partial charge in [-0.1, -0.05) is 6.92 Å². The van der Waals surface area contributed by atoms with Gasteiger partial charge >= 0.3 is 6.09 Å². The number of hydrogen-bond donors (Lipinski definition) is 1. The molecule has 0 radical (unpaired) electrons. The van der Waals surface area contributed by atoms with Crippen molar-refractivity contribution in [3.05, 3.63) is 0 Å². The molecule has 0 aliphatic carbocycles. The highest BCUT2D eigenvalue weighted by Gasteiger charge is 2.31. The van der Waals surface area contributed by atoms with Crippen molar-refractivity contribution in [3.8, 4) is 0 Å². The molecule has 0 aliphatic rings. The molecule has 0 rings (SSSR count). The van der Waals surface area contributed by atoms with Gasteiger partial charge in [-0.05, 0) is 34.6 Å². The van der Waals surface area contributed by atoms with Gasteiger partial charge < -0.3 is 14.8 Å². The van der Waals surface area contributed by atoms with Crippen LogP contribution in [0.5, 0.6) is 0 Å². The van der Waals surface area contributed by atoms with E-state index < -0.39 is 11.7 Å². The summed E-state index contributed by atoms with van der Waals surface area (Å²) < 4.78 is 11.0. The van der Waals surface area contributed by atoms with Crippen LogP contribution in [0, 0.1) is 5.92 Å². The van der Waals surface area contributed by atoms with Crippen LogP contribution in [-0.2, 0) is 9.47 Å². The van der Waals surface area contributed by atoms with Crippen LogP contribution in [0.25, 0.3) is 0 Å². The molecule has 0 bridgehead atoms. The van der Waals surface area contributed by atoms with E-state index in [1.54, 1.807) is 7.05 Å². The average molecular weight is 231 g/mol. The number of hydrogen-bond acceptors (Lipinski definition) is 3. The zero-order valence-corrected chi connectivity index (χ0v) is 11.5. The molecule has 1 unspecified atom stereocenters. The normalized spacial score (nSPS) is 14.4. The summed E-state index contributed by atoms with van der Waals surface area (Å²) in [4.78, 5) is 11.2. The molecule has 0 heterocycles. The molecule has 4 heteroatoms. The summed E-state index contributed by atoms with van der Waals surface area (Å²) in [6, 6.07) is 0. The van der Waals surface area contributed by atoms with Gasteiger partial charge in [0.25, 0.3) is 0 Å². The van der Waals surface area contributed by atoms with Crippen LogP contribution >= 0.6 is 0 Å². The summed E-state index contributed by atoms with van der Waals surface area (Å²) in [7, 11) is 1.55. The predicted octanol–water partition coefficient (Wildman–Crippen LogP) is 2.57. The maximum Gasteiger partial charge on any atom is 0.407 e. The first-order valence-corrected chi connectivity index (χ1v) is 5.63. The Morgan fingerprint density at radius 2 is 1.75 bits per heavy atom. The SMILES string of the molecule is CNC(=O)OC(C)(C)C(C)COC(C)(C)C. The molecule has 1 N–H and O–H groups in total. The largest absolute Gasteiger partial charge is 0.443 e. The monoisotopic (exact) mass is 231 g/mol. The first-order chi connectivity index (χ1) is 7.08. The van der Waals surface area contributed by atoms with Gasteiger partial charge in [0, 0.05) is 13.0 Å². The molecule has 0 aromatic carbocycles. The van der Waals surface area contributed by atoms with E-state index in [1.807, 2.05) is 41.5 Å². The minimum Gasteiger partial charge on any atom is -0.443 e. The van der Waals surface area contributed by atoms with Gasteiger partial charge in [-0.3, -0.25) is 0 Å². The number of nitrogens with one attached hydrogen (secondary N) is 1. The van der Waals surface area contributed by atoms with Crippen LogP contribution in [0.15, 0.2) is 0 Å². The van der Waals surface area contributed by atoms with Crippen LogP contribution in [0.4, 0.5) is 4.79 Å². The highest BCUT2D eigenvalue weighted by atomic mass is 16.6. The van der Waals surface area contributed by atoms with E-state index in [-0.39, 0.29) is 11.5 Å². The lowest BCUT2D eigenvalue weighted by Crippen LogP contribution is -2.41. The number of rotatable bonds is 4. The lowest BCUT2D eigenvalue weighted by Gasteiger charge is -2.33. The molecule has 1 atom stereocenters. The topological polar surface area (TPSA) is 47.6 Å². The van der Waals surface area contributed by atoms with Crippen molar-refractivity contribution in [2.75, 3.05) is 13.7 Å². The first kappa shape index (κ1) is 15.2. The van der Waals surface area contributed by atoms with E-state index in [2.05, 4.69) is 5.32 Å². The third kappa shape index (κ3) is 5.95. The quantitative estimate of drug-likeness (QED) is 0.809. The highest BCUT2D eigenvalue weighted by Crippen LogP contribution is 2.23. The zero-order valence-electron chi connectivity index (χ0n) is 11.5. The minimum atomic E-state index is -0.536. The Balaban J connectivity index is 4.24. The van der Waals surface area contributed by atoms with Gasteiger partial charge in [0.05, 0.1) is 12.2 Å². The van der Waals surface area contributed by atoms with E-state index in [0.717, 1.165) is 0 Å². The predicted molar refractivity (Wildman–Crippen MR) is 64.5 cm³/mol. The van der Waals surface area contributed by atoms with Crippen molar-refractivity contribution in [1.82, 2.24) is 5.32 Å². The Bertz CT molecular complexity index is 231. The van der Waals surface area contributed by atoms with Gasteiger partial charge in [-0.25, -0.2) is 4.79 Å². The number of carbonyl (C=O) groups excluding carboxylic acids is 1. The van der Waals surface area contributed by atoms with Gasteiger partial charge in [0.1, 0.15) is 5.60 Å². The fraction of sp³-hybridized carbons (Fsp3) is 0.917. The summed E-state index contributed by atoms with van der Waals surface area (Å²) in [6.45, 7) is 12.4. The molecule has 96 valence electrons. The Hall–Kier alpha value is -0.770. The lowest BCUT2D eigenvalue weighted by atomic mass is 9.93. The number of alkyl carbamates (subject to hydrolysis) is 1. The second-order valence-electron chi connectivity index (χ2n) is 5.57. The summed E-state index contributed by atoms with van der Waals surface area (Å²) in [5, 5.41) is 2.45. The Morgan fingerprint density at radius 3 is 2.12 bits per heavy atom. The summed E-state index contributed by atoms with van der Waals surface area (Å²) in [5.41, 5.74) is -0.706. The molecule has 1 amide bonds. The number of carbonyl (C=O) groups is 1. The Morgan fingerprint density at radius 1 is 1.25 bits per heavy atom. The number of amides is 1. The van der Waals surface area contributed by atoms with Crippen molar-refractivity contribution in [1.29, 1.82) is 0 Å². The molecule has 16 heavy (non-hydrogen) atoms. The van der Waals surface area contributed by atoms with Gasteiger partial charge in [0.2, 0.25) is 0 Å². The molecule has 4 nitrogen and oxygen atoms in total. The van der Waals surface area contributed by atoms with E-state index in [0.29, 0.717) is 6.61 Å². The highest BCUT2D eigenvalue weighted by molar-refractivity contribution is 5.67. The lowest BCUT2D eigenvalue weighted by molar-refractivity contribution is -0.0730. The van der Waals surface area contributed by atoms with Gasteiger partial charge in [-0.2, -0.15) is 0 Å². The molecule has 0 aliphatic heterocycles. The smallest absolute Gasteiger partial charge is 0.407 e.